The van der Waals surface area contributed by atoms with Crippen LogP contribution in [0.2, 0.25) is 0 Å². The number of hydrogen-bond donors (Lipinski definition) is 0. The zero-order chi connectivity index (χ0) is 18.9. The third-order valence-corrected chi connectivity index (χ3v) is 4.74. The Labute approximate surface area is 151 Å². The second-order valence-corrected chi connectivity index (χ2v) is 6.08. The van der Waals surface area contributed by atoms with Crippen molar-refractivity contribution >= 4 is 23.8 Å². The summed E-state index contributed by atoms with van der Waals surface area (Å²) in [5.74, 6) is -2.18. The molecule has 0 unspecified atom stereocenters. The largest absolute Gasteiger partial charge is 0.340 e. The molecule has 3 rings (SSSR count). The van der Waals surface area contributed by atoms with E-state index in [2.05, 4.69) is 0 Å². The third-order valence-electron chi connectivity index (χ3n) is 4.74. The van der Waals surface area contributed by atoms with Crippen molar-refractivity contribution in [2.45, 2.75) is 18.8 Å². The molecule has 5 amide bonds. The molecule has 6 nitrogen and oxygen atoms in total. The molecule has 1 atom stereocenters. The average molecular weight is 350 g/mol. The summed E-state index contributed by atoms with van der Waals surface area (Å²) in [4.78, 5) is 53.1. The maximum atomic E-state index is 13.3. The maximum Gasteiger partial charge on any atom is 0.340 e. The lowest BCUT2D eigenvalue weighted by molar-refractivity contribution is -0.149. The lowest BCUT2D eigenvalue weighted by Gasteiger charge is -2.41. The molecular weight excluding hydrogens is 332 g/mol. The lowest BCUT2D eigenvalue weighted by Crippen LogP contribution is -2.67. The van der Waals surface area contributed by atoms with Crippen LogP contribution in [0, 0.1) is 0 Å². The number of nitrogens with zero attached hydrogens (tertiary/aromatic N) is 2. The normalized spacial score (nSPS) is 20.5. The van der Waals surface area contributed by atoms with E-state index >= 15 is 0 Å². The van der Waals surface area contributed by atoms with Crippen LogP contribution >= 0.6 is 0 Å². The van der Waals surface area contributed by atoms with Crippen molar-refractivity contribution in [2.75, 3.05) is 7.05 Å². The van der Waals surface area contributed by atoms with E-state index in [1.165, 1.54) is 19.2 Å². The number of likely N-dealkylation sites (N-methyl/N-ethyl adjacent to an activating group) is 1. The molecule has 6 heteroatoms. The average Bonchev–Trinajstić information content (AvgIpc) is 2.69. The van der Waals surface area contributed by atoms with Crippen LogP contribution in [0.25, 0.3) is 0 Å². The van der Waals surface area contributed by atoms with Gasteiger partial charge in [-0.15, -0.1) is 0 Å². The Kier molecular flexibility index (Phi) is 4.42. The van der Waals surface area contributed by atoms with Crippen LogP contribution in [0.1, 0.15) is 29.3 Å². The third kappa shape index (κ3) is 2.42. The second kappa shape index (κ2) is 6.55. The second-order valence-electron chi connectivity index (χ2n) is 6.08. The smallest absolute Gasteiger partial charge is 0.273 e. The van der Waals surface area contributed by atoms with Crippen LogP contribution in [0.5, 0.6) is 0 Å². The van der Waals surface area contributed by atoms with Crippen molar-refractivity contribution in [1.82, 2.24) is 9.80 Å². The van der Waals surface area contributed by atoms with Gasteiger partial charge in [0.05, 0.1) is 0 Å². The van der Waals surface area contributed by atoms with Crippen LogP contribution in [0.3, 0.4) is 0 Å². The van der Waals surface area contributed by atoms with Crippen molar-refractivity contribution in [3.8, 4) is 0 Å². The monoisotopic (exact) mass is 350 g/mol. The van der Waals surface area contributed by atoms with Crippen LogP contribution < -0.4 is 0 Å². The molecule has 2 aromatic carbocycles. The van der Waals surface area contributed by atoms with E-state index in [9.17, 15) is 19.2 Å². The van der Waals surface area contributed by atoms with E-state index < -0.39 is 29.2 Å². The molecule has 0 N–H and O–H groups in total. The van der Waals surface area contributed by atoms with E-state index in [4.69, 9.17) is 0 Å². The molecule has 0 saturated carbocycles. The molecule has 2 aromatic rings. The standard InChI is InChI=1S/C20H18N2O4/c1-3-20(15-12-8-5-9-13-15)17(24)21(2)19(26)22(18(20)25)16(23)14-10-6-4-7-11-14/h4-13H,3H2,1-2H3/t20-/m0/s1. The number of imide groups is 4. The van der Waals surface area contributed by atoms with Gasteiger partial charge in [0.2, 0.25) is 0 Å². The molecule has 1 saturated heterocycles. The number of barbiturate groups is 1. The summed E-state index contributed by atoms with van der Waals surface area (Å²) in [6.45, 7) is 1.69. The highest BCUT2D eigenvalue weighted by molar-refractivity contribution is 6.30. The highest BCUT2D eigenvalue weighted by Crippen LogP contribution is 2.36. The fourth-order valence-corrected chi connectivity index (χ4v) is 3.26. The zero-order valence-corrected chi connectivity index (χ0v) is 14.5. The molecule has 0 aromatic heterocycles. The molecule has 1 aliphatic rings. The SMILES string of the molecule is CC[C@]1(c2ccccc2)C(=O)N(C)C(=O)N(C(=O)c2ccccc2)C1=O. The first-order valence-electron chi connectivity index (χ1n) is 8.26. The molecule has 0 aliphatic carbocycles. The Hall–Kier alpha value is -3.28. The number of hydrogen-bond acceptors (Lipinski definition) is 4. The van der Waals surface area contributed by atoms with Crippen LogP contribution in [-0.2, 0) is 15.0 Å². The van der Waals surface area contributed by atoms with Gasteiger partial charge in [-0.25, -0.2) is 4.79 Å². The summed E-state index contributed by atoms with van der Waals surface area (Å²) in [6.07, 6.45) is 0.130. The number of urea groups is 1. The summed E-state index contributed by atoms with van der Waals surface area (Å²) in [5, 5.41) is 0. The van der Waals surface area contributed by atoms with Gasteiger partial charge in [-0.3, -0.25) is 19.3 Å². The molecule has 1 aliphatic heterocycles. The fraction of sp³-hybridized carbons (Fsp3) is 0.200. The molecule has 0 bridgehead atoms. The van der Waals surface area contributed by atoms with Gasteiger partial charge in [0, 0.05) is 12.6 Å². The first-order valence-corrected chi connectivity index (χ1v) is 8.26. The van der Waals surface area contributed by atoms with E-state index in [-0.39, 0.29) is 12.0 Å². The number of benzene rings is 2. The molecule has 1 heterocycles. The number of carbonyl (C=O) groups is 4. The van der Waals surface area contributed by atoms with Gasteiger partial charge in [-0.05, 0) is 24.1 Å². The first-order chi connectivity index (χ1) is 12.4. The predicted octanol–water partition coefficient (Wildman–Crippen LogP) is 2.60. The number of carbonyl (C=O) groups excluding carboxylic acids is 4. The summed E-state index contributed by atoms with van der Waals surface area (Å²) in [7, 11) is 1.29. The first kappa shape index (κ1) is 17.5. The Morgan fingerprint density at radius 3 is 1.96 bits per heavy atom. The van der Waals surface area contributed by atoms with E-state index in [0.717, 1.165) is 4.90 Å². The highest BCUT2D eigenvalue weighted by atomic mass is 16.2. The molecule has 0 spiro atoms. The fourth-order valence-electron chi connectivity index (χ4n) is 3.26. The van der Waals surface area contributed by atoms with Crippen LogP contribution in [0.4, 0.5) is 4.79 Å². The topological polar surface area (TPSA) is 74.8 Å². The quantitative estimate of drug-likeness (QED) is 0.630. The summed E-state index contributed by atoms with van der Waals surface area (Å²) in [6, 6.07) is 15.6. The van der Waals surface area contributed by atoms with Gasteiger partial charge in [-0.2, -0.15) is 4.90 Å². The Bertz CT molecular complexity index is 879. The zero-order valence-electron chi connectivity index (χ0n) is 14.5. The number of rotatable bonds is 3. The van der Waals surface area contributed by atoms with Crippen LogP contribution in [0.15, 0.2) is 60.7 Å². The minimum atomic E-state index is -1.60. The molecule has 132 valence electrons. The van der Waals surface area contributed by atoms with Gasteiger partial charge in [0.15, 0.2) is 5.41 Å². The minimum absolute atomic E-state index is 0.130. The van der Waals surface area contributed by atoms with Gasteiger partial charge in [0.1, 0.15) is 0 Å². The minimum Gasteiger partial charge on any atom is -0.273 e. The highest BCUT2D eigenvalue weighted by Gasteiger charge is 2.58. The summed E-state index contributed by atoms with van der Waals surface area (Å²) < 4.78 is 0. The van der Waals surface area contributed by atoms with Crippen LogP contribution in [-0.4, -0.2) is 40.6 Å². The molecule has 1 fully saturated rings. The number of amides is 5. The van der Waals surface area contributed by atoms with Crippen molar-refractivity contribution in [1.29, 1.82) is 0 Å². The van der Waals surface area contributed by atoms with Crippen molar-refractivity contribution in [2.24, 2.45) is 0 Å². The Morgan fingerprint density at radius 2 is 1.42 bits per heavy atom. The van der Waals surface area contributed by atoms with Gasteiger partial charge >= 0.3 is 6.03 Å². The maximum absolute atomic E-state index is 13.3. The van der Waals surface area contributed by atoms with E-state index in [1.54, 1.807) is 55.5 Å². The summed E-state index contributed by atoms with van der Waals surface area (Å²) >= 11 is 0. The molecular formula is C20H18N2O4. The Morgan fingerprint density at radius 1 is 0.885 bits per heavy atom. The Balaban J connectivity index is 2.15. The van der Waals surface area contributed by atoms with Gasteiger partial charge < -0.3 is 0 Å². The molecule has 26 heavy (non-hydrogen) atoms. The summed E-state index contributed by atoms with van der Waals surface area (Å²) in [5.41, 5.74) is -0.938. The lowest BCUT2D eigenvalue weighted by atomic mass is 9.74. The van der Waals surface area contributed by atoms with E-state index in [0.29, 0.717) is 10.5 Å². The van der Waals surface area contributed by atoms with Crippen molar-refractivity contribution in [3.05, 3.63) is 71.8 Å². The molecule has 0 radical (unpaired) electrons. The predicted molar refractivity (Wildman–Crippen MR) is 94.2 cm³/mol. The van der Waals surface area contributed by atoms with E-state index in [1.807, 2.05) is 0 Å². The van der Waals surface area contributed by atoms with Crippen molar-refractivity contribution < 1.29 is 19.2 Å². The van der Waals surface area contributed by atoms with Crippen molar-refractivity contribution in [3.63, 3.8) is 0 Å². The van der Waals surface area contributed by atoms with Gasteiger partial charge in [0.25, 0.3) is 17.7 Å². The van der Waals surface area contributed by atoms with Gasteiger partial charge in [-0.1, -0.05) is 55.5 Å².